The van der Waals surface area contributed by atoms with Crippen LogP contribution in [0.3, 0.4) is 0 Å². The first-order chi connectivity index (χ1) is 7.86. The Morgan fingerprint density at radius 2 is 1.81 bits per heavy atom. The molecule has 4 heteroatoms. The van der Waals surface area contributed by atoms with Crippen LogP contribution in [0.4, 0.5) is 0 Å². The highest BCUT2D eigenvalue weighted by molar-refractivity contribution is 5.13. The van der Waals surface area contributed by atoms with E-state index in [1.165, 1.54) is 4.68 Å². The summed E-state index contributed by atoms with van der Waals surface area (Å²) < 4.78 is 1.41. The van der Waals surface area contributed by atoms with Crippen molar-refractivity contribution in [2.24, 2.45) is 5.16 Å². The highest BCUT2D eigenvalue weighted by Gasteiger charge is 1.90. The lowest BCUT2D eigenvalue weighted by atomic mass is 10.2. The Morgan fingerprint density at radius 1 is 1.06 bits per heavy atom. The molecule has 0 saturated carbocycles. The summed E-state index contributed by atoms with van der Waals surface area (Å²) >= 11 is 0. The second-order valence-electron chi connectivity index (χ2n) is 3.32. The number of nitrogens with zero attached hydrogens (tertiary/aromatic N) is 2. The van der Waals surface area contributed by atoms with Crippen LogP contribution in [0.1, 0.15) is 5.56 Å². The van der Waals surface area contributed by atoms with Crippen LogP contribution < -0.4 is 11.3 Å². The van der Waals surface area contributed by atoms with Crippen LogP contribution >= 0.6 is 0 Å². The van der Waals surface area contributed by atoms with Crippen molar-refractivity contribution >= 4 is 0 Å². The van der Waals surface area contributed by atoms with E-state index in [-0.39, 0.29) is 0 Å². The first-order valence-electron chi connectivity index (χ1n) is 4.99. The van der Waals surface area contributed by atoms with Gasteiger partial charge in [-0.05, 0) is 17.7 Å². The summed E-state index contributed by atoms with van der Waals surface area (Å²) in [5, 5.41) is 3.94. The lowest BCUT2D eigenvalue weighted by Gasteiger charge is -2.00. The Bertz CT molecular complexity index is 505. The summed E-state index contributed by atoms with van der Waals surface area (Å²) in [6.07, 6.45) is 1.71. The van der Waals surface area contributed by atoms with Gasteiger partial charge in [0.1, 0.15) is 6.61 Å². The highest BCUT2D eigenvalue weighted by Crippen LogP contribution is 1.99. The topological polar surface area (TPSA) is 52.5 Å². The van der Waals surface area contributed by atoms with Crippen molar-refractivity contribution in [2.75, 3.05) is 5.84 Å². The molecule has 1 heterocycles. The van der Waals surface area contributed by atoms with Crippen LogP contribution in [-0.4, -0.2) is 4.68 Å². The average molecular weight is 215 g/mol. The first-order valence-corrected chi connectivity index (χ1v) is 4.99. The zero-order valence-corrected chi connectivity index (χ0v) is 8.78. The Hall–Kier alpha value is -2.23. The summed E-state index contributed by atoms with van der Waals surface area (Å²) in [6.45, 7) is 0.440. The van der Waals surface area contributed by atoms with Gasteiger partial charge in [-0.15, -0.1) is 0 Å². The largest absolute Gasteiger partial charge is 0.389 e. The van der Waals surface area contributed by atoms with Crippen LogP contribution in [-0.2, 0) is 11.4 Å². The van der Waals surface area contributed by atoms with Crippen LogP contribution in [0.5, 0.6) is 0 Å². The molecule has 0 aliphatic heterocycles. The molecule has 0 saturated heterocycles. The maximum absolute atomic E-state index is 5.64. The molecule has 4 nitrogen and oxygen atoms in total. The molecular weight excluding hydrogens is 202 g/mol. The van der Waals surface area contributed by atoms with Crippen molar-refractivity contribution in [2.45, 2.75) is 6.61 Å². The zero-order valence-electron chi connectivity index (χ0n) is 8.78. The molecule has 0 radical (unpaired) electrons. The van der Waals surface area contributed by atoms with E-state index in [0.29, 0.717) is 12.1 Å². The van der Waals surface area contributed by atoms with Crippen molar-refractivity contribution in [1.82, 2.24) is 4.68 Å². The third kappa shape index (κ3) is 2.63. The lowest BCUT2D eigenvalue weighted by molar-refractivity contribution is 0.117. The van der Waals surface area contributed by atoms with E-state index < -0.39 is 0 Å². The number of benzene rings is 1. The van der Waals surface area contributed by atoms with E-state index in [0.717, 1.165) is 5.56 Å². The van der Waals surface area contributed by atoms with Gasteiger partial charge >= 0.3 is 0 Å². The molecule has 1 aromatic carbocycles. The number of hydrogen-bond acceptors (Lipinski definition) is 3. The molecule has 0 aliphatic carbocycles. The Morgan fingerprint density at radius 3 is 2.56 bits per heavy atom. The fourth-order valence-electron chi connectivity index (χ4n) is 1.27. The quantitative estimate of drug-likeness (QED) is 0.618. The molecule has 0 atom stereocenters. The number of hydrogen-bond donors (Lipinski definition) is 1. The SMILES string of the molecule is Nn1cccc/c1=N/OCc1ccccc1. The summed E-state index contributed by atoms with van der Waals surface area (Å²) in [7, 11) is 0. The Balaban J connectivity index is 2.03. The normalized spacial score (nSPS) is 11.4. The summed E-state index contributed by atoms with van der Waals surface area (Å²) in [5.41, 5.74) is 1.66. The van der Waals surface area contributed by atoms with Gasteiger partial charge < -0.3 is 10.7 Å². The van der Waals surface area contributed by atoms with Gasteiger partial charge in [0.15, 0.2) is 5.49 Å². The van der Waals surface area contributed by atoms with Crippen LogP contribution in [0.2, 0.25) is 0 Å². The van der Waals surface area contributed by atoms with Gasteiger partial charge in [0.2, 0.25) is 0 Å². The van der Waals surface area contributed by atoms with Crippen LogP contribution in [0.25, 0.3) is 0 Å². The maximum Gasteiger partial charge on any atom is 0.190 e. The van der Waals surface area contributed by atoms with E-state index in [9.17, 15) is 0 Å². The van der Waals surface area contributed by atoms with E-state index in [4.69, 9.17) is 10.7 Å². The van der Waals surface area contributed by atoms with E-state index in [1.807, 2.05) is 42.5 Å². The van der Waals surface area contributed by atoms with Gasteiger partial charge in [-0.2, -0.15) is 0 Å². The number of pyridine rings is 1. The molecule has 0 spiro atoms. The number of aromatic nitrogens is 1. The fourth-order valence-corrected chi connectivity index (χ4v) is 1.27. The second-order valence-corrected chi connectivity index (χ2v) is 3.32. The minimum atomic E-state index is 0.440. The van der Waals surface area contributed by atoms with E-state index in [2.05, 4.69) is 5.16 Å². The Labute approximate surface area is 93.6 Å². The molecule has 0 fully saturated rings. The van der Waals surface area contributed by atoms with E-state index in [1.54, 1.807) is 12.3 Å². The van der Waals surface area contributed by atoms with Crippen molar-refractivity contribution in [3.63, 3.8) is 0 Å². The van der Waals surface area contributed by atoms with Gasteiger partial charge in [0, 0.05) is 6.20 Å². The monoisotopic (exact) mass is 215 g/mol. The smallest absolute Gasteiger partial charge is 0.190 e. The predicted molar refractivity (Wildman–Crippen MR) is 61.4 cm³/mol. The number of rotatable bonds is 3. The second kappa shape index (κ2) is 5.02. The fraction of sp³-hybridized carbons (Fsp3) is 0.0833. The molecular formula is C12H13N3O. The third-order valence-electron chi connectivity index (χ3n) is 2.10. The van der Waals surface area contributed by atoms with Crippen molar-refractivity contribution in [3.8, 4) is 0 Å². The molecule has 0 unspecified atom stereocenters. The van der Waals surface area contributed by atoms with Crippen molar-refractivity contribution in [3.05, 3.63) is 65.8 Å². The molecule has 2 N–H and O–H groups in total. The maximum atomic E-state index is 5.64. The minimum absolute atomic E-state index is 0.440. The molecule has 1 aromatic heterocycles. The van der Waals surface area contributed by atoms with Crippen molar-refractivity contribution < 1.29 is 4.84 Å². The van der Waals surface area contributed by atoms with Gasteiger partial charge in [0.05, 0.1) is 0 Å². The number of nitrogens with two attached hydrogens (primary N) is 1. The number of nitrogen functional groups attached to an aromatic ring is 1. The molecule has 0 bridgehead atoms. The predicted octanol–water partition coefficient (Wildman–Crippen LogP) is 1.23. The lowest BCUT2D eigenvalue weighted by Crippen LogP contribution is -2.26. The minimum Gasteiger partial charge on any atom is -0.389 e. The third-order valence-corrected chi connectivity index (χ3v) is 2.10. The standard InChI is InChI=1S/C12H13N3O/c13-15-9-5-4-8-12(15)14-16-10-11-6-2-1-3-7-11/h1-9H,10,13H2/b14-12-. The average Bonchev–Trinajstić information content (AvgIpc) is 2.33. The van der Waals surface area contributed by atoms with Gasteiger partial charge in [-0.1, -0.05) is 41.6 Å². The zero-order chi connectivity index (χ0) is 11.2. The molecule has 82 valence electrons. The summed E-state index contributed by atoms with van der Waals surface area (Å²) in [4.78, 5) is 5.21. The molecule has 2 rings (SSSR count). The highest BCUT2D eigenvalue weighted by atomic mass is 16.6. The van der Waals surface area contributed by atoms with Crippen LogP contribution in [0.15, 0.2) is 59.9 Å². The van der Waals surface area contributed by atoms with Gasteiger partial charge in [-0.25, -0.2) is 4.68 Å². The summed E-state index contributed by atoms with van der Waals surface area (Å²) in [6, 6.07) is 15.3. The first kappa shape index (κ1) is 10.3. The summed E-state index contributed by atoms with van der Waals surface area (Å²) in [5.74, 6) is 5.64. The van der Waals surface area contributed by atoms with Crippen LogP contribution in [0, 0.1) is 0 Å². The molecule has 0 amide bonds. The van der Waals surface area contributed by atoms with Gasteiger partial charge in [-0.3, -0.25) is 0 Å². The molecule has 16 heavy (non-hydrogen) atoms. The van der Waals surface area contributed by atoms with Gasteiger partial charge in [0.25, 0.3) is 0 Å². The van der Waals surface area contributed by atoms with E-state index >= 15 is 0 Å². The molecule has 0 aliphatic rings. The molecule has 2 aromatic rings. The van der Waals surface area contributed by atoms with Crippen molar-refractivity contribution in [1.29, 1.82) is 0 Å². The Kier molecular flexibility index (Phi) is 3.23.